The van der Waals surface area contributed by atoms with Gasteiger partial charge in [-0.05, 0) is 62.6 Å². The van der Waals surface area contributed by atoms with E-state index in [1.807, 2.05) is 39.8 Å². The first-order valence-corrected chi connectivity index (χ1v) is 11.5. The van der Waals surface area contributed by atoms with E-state index in [1.54, 1.807) is 24.3 Å². The lowest BCUT2D eigenvalue weighted by Crippen LogP contribution is -2.39. The molecule has 0 saturated carbocycles. The molecule has 2 aromatic carbocycles. The summed E-state index contributed by atoms with van der Waals surface area (Å²) in [5.74, 6) is 0.328. The van der Waals surface area contributed by atoms with Gasteiger partial charge in [-0.2, -0.15) is 0 Å². The molecule has 0 radical (unpaired) electrons. The van der Waals surface area contributed by atoms with Crippen LogP contribution in [-0.4, -0.2) is 33.7 Å². The maximum atomic E-state index is 12.7. The van der Waals surface area contributed by atoms with Gasteiger partial charge in [-0.25, -0.2) is 8.42 Å². The Balaban J connectivity index is 2.06. The molecule has 2 unspecified atom stereocenters. The first-order valence-electron chi connectivity index (χ1n) is 9.61. The number of amides is 1. The molecule has 0 fully saturated rings. The number of carbonyl (C=O) groups is 1. The highest BCUT2D eigenvalue weighted by Gasteiger charge is 2.21. The van der Waals surface area contributed by atoms with Crippen LogP contribution in [0.3, 0.4) is 0 Å². The monoisotopic (exact) mass is 418 g/mol. The van der Waals surface area contributed by atoms with Crippen molar-refractivity contribution in [3.05, 3.63) is 59.2 Å². The van der Waals surface area contributed by atoms with Crippen LogP contribution >= 0.6 is 0 Å². The van der Waals surface area contributed by atoms with Gasteiger partial charge in [0.2, 0.25) is 10.0 Å². The average molecular weight is 419 g/mol. The fourth-order valence-corrected chi connectivity index (χ4v) is 3.61. The smallest absolute Gasteiger partial charge is 0.261 e. The van der Waals surface area contributed by atoms with Crippen molar-refractivity contribution >= 4 is 21.6 Å². The molecular formula is C22H30N2O4S. The third-order valence-electron chi connectivity index (χ3n) is 4.89. The first kappa shape index (κ1) is 22.7. The van der Waals surface area contributed by atoms with Crippen LogP contribution in [0.1, 0.15) is 43.0 Å². The molecule has 7 heteroatoms. The standard InChI is InChI=1S/C22H30N2O4S/c1-7-21(22(25)23-17(4)20-13-8-15(2)14-16(20)3)28-19-11-9-18(10-12-19)24(5)29(6,26)27/h8-14,17,21H,7H2,1-6H3,(H,23,25). The van der Waals surface area contributed by atoms with E-state index in [0.29, 0.717) is 17.9 Å². The van der Waals surface area contributed by atoms with E-state index in [-0.39, 0.29) is 11.9 Å². The van der Waals surface area contributed by atoms with Crippen molar-refractivity contribution in [3.63, 3.8) is 0 Å². The van der Waals surface area contributed by atoms with Gasteiger partial charge in [0.15, 0.2) is 6.10 Å². The molecule has 0 bridgehead atoms. The third-order valence-corrected chi connectivity index (χ3v) is 6.10. The molecule has 158 valence electrons. The molecule has 6 nitrogen and oxygen atoms in total. The molecule has 0 heterocycles. The van der Waals surface area contributed by atoms with Gasteiger partial charge in [0, 0.05) is 7.05 Å². The maximum Gasteiger partial charge on any atom is 0.261 e. The van der Waals surface area contributed by atoms with Gasteiger partial charge in [0.1, 0.15) is 5.75 Å². The van der Waals surface area contributed by atoms with E-state index in [1.165, 1.54) is 16.9 Å². The molecule has 0 aliphatic heterocycles. The molecule has 2 atom stereocenters. The second-order valence-electron chi connectivity index (χ2n) is 7.33. The lowest BCUT2D eigenvalue weighted by molar-refractivity contribution is -0.128. The van der Waals surface area contributed by atoms with Crippen molar-refractivity contribution < 1.29 is 17.9 Å². The van der Waals surface area contributed by atoms with E-state index < -0.39 is 16.1 Å². The quantitative estimate of drug-likeness (QED) is 0.709. The van der Waals surface area contributed by atoms with Gasteiger partial charge < -0.3 is 10.1 Å². The molecule has 0 spiro atoms. The Morgan fingerprint density at radius 3 is 2.28 bits per heavy atom. The summed E-state index contributed by atoms with van der Waals surface area (Å²) >= 11 is 0. The number of hydrogen-bond acceptors (Lipinski definition) is 4. The van der Waals surface area contributed by atoms with Crippen molar-refractivity contribution in [3.8, 4) is 5.75 Å². The van der Waals surface area contributed by atoms with Gasteiger partial charge in [0.05, 0.1) is 18.0 Å². The molecular weight excluding hydrogens is 388 g/mol. The number of nitrogens with one attached hydrogen (secondary N) is 1. The highest BCUT2D eigenvalue weighted by molar-refractivity contribution is 7.92. The van der Waals surface area contributed by atoms with E-state index >= 15 is 0 Å². The Morgan fingerprint density at radius 1 is 1.14 bits per heavy atom. The van der Waals surface area contributed by atoms with Gasteiger partial charge >= 0.3 is 0 Å². The van der Waals surface area contributed by atoms with Crippen molar-refractivity contribution in [2.75, 3.05) is 17.6 Å². The van der Waals surface area contributed by atoms with Crippen LogP contribution < -0.4 is 14.4 Å². The lowest BCUT2D eigenvalue weighted by Gasteiger charge is -2.22. The lowest BCUT2D eigenvalue weighted by atomic mass is 10.00. The summed E-state index contributed by atoms with van der Waals surface area (Å²) in [6.07, 6.45) is 1.02. The predicted molar refractivity (Wildman–Crippen MR) is 117 cm³/mol. The highest BCUT2D eigenvalue weighted by atomic mass is 32.2. The van der Waals surface area contributed by atoms with Crippen LogP contribution in [0.25, 0.3) is 0 Å². The molecule has 2 rings (SSSR count). The number of carbonyl (C=O) groups excluding carboxylic acids is 1. The maximum absolute atomic E-state index is 12.7. The Morgan fingerprint density at radius 2 is 1.76 bits per heavy atom. The second-order valence-corrected chi connectivity index (χ2v) is 9.34. The average Bonchev–Trinajstić information content (AvgIpc) is 2.65. The Bertz CT molecular complexity index is 955. The van der Waals surface area contributed by atoms with Crippen LogP contribution in [0.5, 0.6) is 5.75 Å². The Labute approximate surface area is 173 Å². The third kappa shape index (κ3) is 5.97. The van der Waals surface area contributed by atoms with Crippen LogP contribution in [0.4, 0.5) is 5.69 Å². The number of sulfonamides is 1. The zero-order valence-corrected chi connectivity index (χ0v) is 18.7. The largest absolute Gasteiger partial charge is 0.481 e. The summed E-state index contributed by atoms with van der Waals surface area (Å²) in [5.41, 5.74) is 3.93. The van der Waals surface area contributed by atoms with E-state index in [9.17, 15) is 13.2 Å². The number of anilines is 1. The Kier molecular flexibility index (Phi) is 7.30. The molecule has 0 aliphatic carbocycles. The molecule has 0 aromatic heterocycles. The Hall–Kier alpha value is -2.54. The molecule has 2 aromatic rings. The highest BCUT2D eigenvalue weighted by Crippen LogP contribution is 2.22. The minimum absolute atomic E-state index is 0.133. The zero-order chi connectivity index (χ0) is 21.8. The summed E-state index contributed by atoms with van der Waals surface area (Å²) in [6, 6.07) is 12.7. The van der Waals surface area contributed by atoms with Crippen LogP contribution in [0, 0.1) is 13.8 Å². The fourth-order valence-electron chi connectivity index (χ4n) is 3.11. The first-order chi connectivity index (χ1) is 13.5. The minimum Gasteiger partial charge on any atom is -0.481 e. The van der Waals surface area contributed by atoms with Gasteiger partial charge in [-0.15, -0.1) is 0 Å². The topological polar surface area (TPSA) is 75.7 Å². The normalized spacial score (nSPS) is 13.4. The number of benzene rings is 2. The summed E-state index contributed by atoms with van der Waals surface area (Å²) in [6.45, 7) is 7.92. The number of ether oxygens (including phenoxy) is 1. The fraction of sp³-hybridized carbons (Fsp3) is 0.409. The van der Waals surface area contributed by atoms with Crippen LogP contribution in [-0.2, 0) is 14.8 Å². The predicted octanol–water partition coefficient (Wildman–Crippen LogP) is 3.73. The number of nitrogens with zero attached hydrogens (tertiary/aromatic N) is 1. The van der Waals surface area contributed by atoms with E-state index in [0.717, 1.165) is 17.4 Å². The van der Waals surface area contributed by atoms with Gasteiger partial charge in [-0.3, -0.25) is 9.10 Å². The van der Waals surface area contributed by atoms with Crippen LogP contribution in [0.15, 0.2) is 42.5 Å². The van der Waals surface area contributed by atoms with E-state index in [4.69, 9.17) is 4.74 Å². The number of rotatable bonds is 8. The summed E-state index contributed by atoms with van der Waals surface area (Å²) < 4.78 is 30.3. The van der Waals surface area contributed by atoms with Gasteiger partial charge in [0.25, 0.3) is 5.91 Å². The van der Waals surface area contributed by atoms with E-state index in [2.05, 4.69) is 11.4 Å². The van der Waals surface area contributed by atoms with Crippen molar-refractivity contribution in [2.24, 2.45) is 0 Å². The molecule has 0 saturated heterocycles. The zero-order valence-electron chi connectivity index (χ0n) is 17.9. The summed E-state index contributed by atoms with van der Waals surface area (Å²) in [5, 5.41) is 3.03. The van der Waals surface area contributed by atoms with Crippen LogP contribution in [0.2, 0.25) is 0 Å². The molecule has 29 heavy (non-hydrogen) atoms. The number of hydrogen-bond donors (Lipinski definition) is 1. The SMILES string of the molecule is CCC(Oc1ccc(N(C)S(C)(=O)=O)cc1)C(=O)NC(C)c1ccc(C)cc1C. The number of aryl methyl sites for hydroxylation is 2. The second kappa shape index (κ2) is 9.31. The van der Waals surface area contributed by atoms with Gasteiger partial charge in [-0.1, -0.05) is 30.7 Å². The van der Waals surface area contributed by atoms with Crippen molar-refractivity contribution in [1.29, 1.82) is 0 Å². The molecule has 1 amide bonds. The minimum atomic E-state index is -3.33. The van der Waals surface area contributed by atoms with Crippen molar-refractivity contribution in [2.45, 2.75) is 46.3 Å². The molecule has 0 aliphatic rings. The summed E-state index contributed by atoms with van der Waals surface area (Å²) in [4.78, 5) is 12.7. The summed E-state index contributed by atoms with van der Waals surface area (Å²) in [7, 11) is -1.84. The van der Waals surface area contributed by atoms with Crippen molar-refractivity contribution in [1.82, 2.24) is 5.32 Å². The molecule has 1 N–H and O–H groups in total.